The molecule has 7 heteroatoms. The number of nitrogens with one attached hydrogen (secondary N) is 1. The lowest BCUT2D eigenvalue weighted by molar-refractivity contribution is -0.383. The normalized spacial score (nSPS) is 21.9. The molecule has 1 unspecified atom stereocenters. The first-order chi connectivity index (χ1) is 12.0. The van der Waals surface area contributed by atoms with E-state index in [1.54, 1.807) is 14.2 Å². The highest BCUT2D eigenvalue weighted by Crippen LogP contribution is 2.30. The van der Waals surface area contributed by atoms with Gasteiger partial charge >= 0.3 is 6.03 Å². The molecular formula is C18H21N4O3+. The number of rotatable bonds is 3. The Balaban J connectivity index is 2.16. The van der Waals surface area contributed by atoms with Gasteiger partial charge < -0.3 is 4.74 Å². The van der Waals surface area contributed by atoms with Gasteiger partial charge in [0.2, 0.25) is 0 Å². The Hall–Kier alpha value is -2.96. The van der Waals surface area contributed by atoms with E-state index in [-0.39, 0.29) is 11.9 Å². The molecule has 0 aromatic heterocycles. The maximum Gasteiger partial charge on any atom is 0.417 e. The van der Waals surface area contributed by atoms with Crippen molar-refractivity contribution in [3.8, 4) is 5.75 Å². The molecule has 0 bridgehead atoms. The fraction of sp³-hybridized carbons (Fsp3) is 0.333. The minimum Gasteiger partial charge on any atom is -0.494 e. The lowest BCUT2D eigenvalue weighted by atomic mass is 9.89. The first-order valence-corrected chi connectivity index (χ1v) is 8.09. The quantitative estimate of drug-likeness (QED) is 0.879. The molecule has 0 saturated carbocycles. The van der Waals surface area contributed by atoms with Gasteiger partial charge in [-0.1, -0.05) is 19.1 Å². The number of benzene rings is 1. The Kier molecular flexibility index (Phi) is 4.39. The lowest BCUT2D eigenvalue weighted by Gasteiger charge is -2.32. The largest absolute Gasteiger partial charge is 0.494 e. The van der Waals surface area contributed by atoms with Gasteiger partial charge in [0.1, 0.15) is 11.4 Å². The molecular weight excluding hydrogens is 320 g/mol. The van der Waals surface area contributed by atoms with Gasteiger partial charge in [-0.15, -0.1) is 0 Å². The molecule has 1 aromatic rings. The zero-order valence-electron chi connectivity index (χ0n) is 14.7. The summed E-state index contributed by atoms with van der Waals surface area (Å²) in [5.41, 5.74) is 2.21. The molecule has 2 heterocycles. The Labute approximate surface area is 146 Å². The van der Waals surface area contributed by atoms with Crippen molar-refractivity contribution in [2.45, 2.75) is 13.3 Å². The third kappa shape index (κ3) is 2.71. The monoisotopic (exact) mass is 341 g/mol. The molecule has 1 saturated heterocycles. The molecule has 0 spiro atoms. The van der Waals surface area contributed by atoms with Gasteiger partial charge in [-0.25, -0.2) is 19.7 Å². The topological polar surface area (TPSA) is 76.2 Å². The average Bonchev–Trinajstić information content (AvgIpc) is 2.64. The van der Waals surface area contributed by atoms with Gasteiger partial charge in [-0.3, -0.25) is 4.79 Å². The van der Waals surface area contributed by atoms with E-state index < -0.39 is 5.92 Å². The van der Waals surface area contributed by atoms with Crippen LogP contribution in [-0.2, 0) is 4.79 Å². The van der Waals surface area contributed by atoms with Crippen LogP contribution in [0.3, 0.4) is 0 Å². The molecule has 3 amide bonds. The number of amides is 3. The fourth-order valence-electron chi connectivity index (χ4n) is 3.05. The Morgan fingerprint density at radius 2 is 1.92 bits per heavy atom. The van der Waals surface area contributed by atoms with Crippen LogP contribution < -0.4 is 9.73 Å². The number of hydrogen-bond acceptors (Lipinski definition) is 4. The van der Waals surface area contributed by atoms with E-state index in [0.29, 0.717) is 29.4 Å². The predicted molar refractivity (Wildman–Crippen MR) is 93.9 cm³/mol. The summed E-state index contributed by atoms with van der Waals surface area (Å²) in [7, 11) is 4.72. The first-order valence-electron chi connectivity index (χ1n) is 8.09. The third-order valence-electron chi connectivity index (χ3n) is 4.49. The molecule has 2 aliphatic heterocycles. The van der Waals surface area contributed by atoms with Gasteiger partial charge in [0.15, 0.2) is 5.92 Å². The summed E-state index contributed by atoms with van der Waals surface area (Å²) in [5.74, 6) is 0.224. The van der Waals surface area contributed by atoms with Gasteiger partial charge in [0.25, 0.3) is 11.7 Å². The van der Waals surface area contributed by atoms with Crippen LogP contribution in [0, 0.1) is 5.92 Å². The van der Waals surface area contributed by atoms with Crippen molar-refractivity contribution in [3.63, 3.8) is 0 Å². The van der Waals surface area contributed by atoms with Crippen LogP contribution in [0.2, 0.25) is 0 Å². The summed E-state index contributed by atoms with van der Waals surface area (Å²) < 4.78 is 5.37. The number of allylic oxidation sites excluding steroid dienone is 1. The number of fused-ring (bicyclic) bond motifs is 1. The van der Waals surface area contributed by atoms with Crippen molar-refractivity contribution in [1.29, 1.82) is 0 Å². The number of nitrogens with zero attached hydrogens (tertiary/aromatic N) is 3. The van der Waals surface area contributed by atoms with E-state index in [2.05, 4.69) is 4.99 Å². The van der Waals surface area contributed by atoms with E-state index in [4.69, 9.17) is 9.73 Å². The second kappa shape index (κ2) is 6.51. The Morgan fingerprint density at radius 3 is 2.60 bits per heavy atom. The molecule has 1 N–H and O–H groups in total. The highest BCUT2D eigenvalue weighted by Gasteiger charge is 2.50. The zero-order valence-corrected chi connectivity index (χ0v) is 14.7. The van der Waals surface area contributed by atoms with Crippen LogP contribution in [0.4, 0.5) is 10.5 Å². The molecule has 0 radical (unpaired) electrons. The van der Waals surface area contributed by atoms with Crippen molar-refractivity contribution in [3.05, 3.63) is 36.0 Å². The molecule has 130 valence electrons. The number of carbonyl (C=O) groups is 2. The summed E-state index contributed by atoms with van der Waals surface area (Å²) >= 11 is 0. The number of carbonyl (C=O) groups excluding carboxylic acids is 2. The molecule has 3 rings (SSSR count). The number of ether oxygens (including phenoxy) is 1. The minimum absolute atomic E-state index is 0.293. The lowest BCUT2D eigenvalue weighted by Crippen LogP contribution is -2.80. The smallest absolute Gasteiger partial charge is 0.417 e. The van der Waals surface area contributed by atoms with Crippen molar-refractivity contribution in [1.82, 2.24) is 9.80 Å². The summed E-state index contributed by atoms with van der Waals surface area (Å²) in [6.07, 6.45) is 2.52. The predicted octanol–water partition coefficient (Wildman–Crippen LogP) is 0.694. The van der Waals surface area contributed by atoms with E-state index >= 15 is 0 Å². The van der Waals surface area contributed by atoms with Gasteiger partial charge in [0.05, 0.1) is 26.1 Å². The van der Waals surface area contributed by atoms with Crippen molar-refractivity contribution in [2.75, 3.05) is 21.2 Å². The van der Waals surface area contributed by atoms with Crippen LogP contribution in [0.1, 0.15) is 13.3 Å². The van der Waals surface area contributed by atoms with E-state index in [1.165, 1.54) is 11.9 Å². The fourth-order valence-corrected chi connectivity index (χ4v) is 3.05. The zero-order chi connectivity index (χ0) is 18.1. The second-order valence-electron chi connectivity index (χ2n) is 5.89. The van der Waals surface area contributed by atoms with E-state index in [0.717, 1.165) is 10.5 Å². The Morgan fingerprint density at radius 1 is 1.20 bits per heavy atom. The van der Waals surface area contributed by atoms with Crippen molar-refractivity contribution < 1.29 is 19.3 Å². The van der Waals surface area contributed by atoms with Crippen LogP contribution in [0.5, 0.6) is 5.75 Å². The Bertz CT molecular complexity index is 825. The van der Waals surface area contributed by atoms with Crippen molar-refractivity contribution in [2.24, 2.45) is 10.9 Å². The van der Waals surface area contributed by atoms with Gasteiger partial charge in [-0.05, 0) is 18.6 Å². The molecule has 0 aliphatic carbocycles. The van der Waals surface area contributed by atoms with Crippen LogP contribution in [-0.4, -0.2) is 54.5 Å². The maximum absolute atomic E-state index is 12.8. The molecule has 25 heavy (non-hydrogen) atoms. The van der Waals surface area contributed by atoms with Crippen LogP contribution in [0.15, 0.2) is 41.0 Å². The summed E-state index contributed by atoms with van der Waals surface area (Å²) in [4.78, 5) is 35.4. The second-order valence-corrected chi connectivity index (χ2v) is 5.89. The number of para-hydroxylation sites is 2. The first kappa shape index (κ1) is 16.9. The maximum atomic E-state index is 12.8. The molecule has 2 aliphatic rings. The van der Waals surface area contributed by atoms with Crippen LogP contribution in [0.25, 0.3) is 0 Å². The molecule has 7 nitrogen and oxygen atoms in total. The SMILES string of the molecule is CCC1=C[NH+]=C2C(C(=O)N(C)C(=O)N2C)C1=Nc1ccccc1OC. The number of methoxy groups -OCH3 is 1. The van der Waals surface area contributed by atoms with Gasteiger partial charge in [-0.2, -0.15) is 4.90 Å². The van der Waals surface area contributed by atoms with Crippen molar-refractivity contribution >= 4 is 29.2 Å². The molecule has 1 fully saturated rings. The number of urea groups is 1. The number of aliphatic imine (C=N–C) groups is 1. The molecule has 1 aromatic carbocycles. The summed E-state index contributed by atoms with van der Waals surface area (Å²) in [6, 6.07) is 7.03. The van der Waals surface area contributed by atoms with Crippen LogP contribution >= 0.6 is 0 Å². The highest BCUT2D eigenvalue weighted by atomic mass is 16.5. The van der Waals surface area contributed by atoms with Gasteiger partial charge in [0, 0.05) is 12.6 Å². The third-order valence-corrected chi connectivity index (χ3v) is 4.49. The highest BCUT2D eigenvalue weighted by molar-refractivity contribution is 6.31. The standard InChI is InChI=1S/C18H20N4O3/c1-5-11-10-19-16-14(17(23)22(3)18(24)21(16)2)15(11)20-12-8-6-7-9-13(12)25-4/h6-10,14H,5H2,1-4H3/p+1. The number of hydrogen-bond donors (Lipinski definition) is 1. The van der Waals surface area contributed by atoms with E-state index in [1.807, 2.05) is 37.4 Å². The van der Waals surface area contributed by atoms with E-state index in [9.17, 15) is 9.59 Å². The molecule has 1 atom stereocenters. The number of amidine groups is 1. The number of imide groups is 1. The summed E-state index contributed by atoms with van der Waals surface area (Å²) in [6.45, 7) is 2.00. The minimum atomic E-state index is -0.641. The average molecular weight is 341 g/mol. The summed E-state index contributed by atoms with van der Waals surface area (Å²) in [5, 5.41) is 0.